The Morgan fingerprint density at radius 3 is 2.43 bits per heavy atom. The molecule has 0 aromatic heterocycles. The van der Waals surface area contributed by atoms with E-state index in [0.717, 1.165) is 5.56 Å². The fourth-order valence-corrected chi connectivity index (χ4v) is 3.43. The topological polar surface area (TPSA) is 88.2 Å². The number of piperazine rings is 1. The maximum absolute atomic E-state index is 12.6. The van der Waals surface area contributed by atoms with Gasteiger partial charge in [0.1, 0.15) is 6.54 Å². The van der Waals surface area contributed by atoms with Crippen LogP contribution in [0.3, 0.4) is 0 Å². The van der Waals surface area contributed by atoms with E-state index in [1.54, 1.807) is 30.3 Å². The van der Waals surface area contributed by atoms with Gasteiger partial charge < -0.3 is 24.6 Å². The second-order valence-electron chi connectivity index (χ2n) is 6.75. The van der Waals surface area contributed by atoms with Crippen LogP contribution in [0.2, 0.25) is 5.02 Å². The van der Waals surface area contributed by atoms with E-state index in [1.807, 2.05) is 13.0 Å². The van der Waals surface area contributed by atoms with Gasteiger partial charge in [-0.1, -0.05) is 17.7 Å². The van der Waals surface area contributed by atoms with E-state index in [-0.39, 0.29) is 19.6 Å². The number of nitrogens with one attached hydrogen (secondary N) is 1. The van der Waals surface area contributed by atoms with Gasteiger partial charge in [0, 0.05) is 24.8 Å². The van der Waals surface area contributed by atoms with Crippen molar-refractivity contribution in [3.63, 3.8) is 0 Å². The first-order valence-corrected chi connectivity index (χ1v) is 9.60. The second kappa shape index (κ2) is 9.04. The Kier molecular flexibility index (Phi) is 6.47. The highest BCUT2D eigenvalue weighted by Crippen LogP contribution is 2.32. The average molecular weight is 432 g/mol. The monoisotopic (exact) mass is 431 g/mol. The molecule has 1 fully saturated rings. The Balaban J connectivity index is 1.67. The molecule has 158 valence electrons. The van der Waals surface area contributed by atoms with Crippen LogP contribution < -0.4 is 19.7 Å². The van der Waals surface area contributed by atoms with Crippen LogP contribution in [-0.2, 0) is 14.4 Å². The minimum absolute atomic E-state index is 0.216. The van der Waals surface area contributed by atoms with Gasteiger partial charge in [0.05, 0.1) is 24.9 Å². The summed E-state index contributed by atoms with van der Waals surface area (Å²) in [6, 6.07) is 10.2. The Bertz CT molecular complexity index is 995. The number of methoxy groups -OCH3 is 2. The van der Waals surface area contributed by atoms with Crippen LogP contribution in [0.5, 0.6) is 11.5 Å². The van der Waals surface area contributed by atoms with Gasteiger partial charge in [0.15, 0.2) is 11.5 Å². The van der Waals surface area contributed by atoms with Crippen molar-refractivity contribution in [3.8, 4) is 11.5 Å². The normalized spacial score (nSPS) is 14.0. The number of benzene rings is 2. The standard InChI is InChI=1S/C21H22ClN3O5/c1-13-4-6-16(15(22)10-13)23-19(26)12-24-8-9-25(21(28)20(24)27)14-5-7-17(29-2)18(11-14)30-3/h4-7,10-11H,8-9,12H2,1-3H3,(H,23,26). The SMILES string of the molecule is COc1ccc(N2CCN(CC(=O)Nc3ccc(C)cc3Cl)C(=O)C2=O)cc1OC. The van der Waals surface area contributed by atoms with Crippen molar-refractivity contribution in [2.24, 2.45) is 0 Å². The van der Waals surface area contributed by atoms with Crippen LogP contribution in [-0.4, -0.2) is 56.5 Å². The number of amides is 3. The van der Waals surface area contributed by atoms with E-state index in [2.05, 4.69) is 5.32 Å². The van der Waals surface area contributed by atoms with Crippen LogP contribution in [0.1, 0.15) is 5.56 Å². The number of aryl methyl sites for hydroxylation is 1. The number of hydrogen-bond acceptors (Lipinski definition) is 5. The second-order valence-corrected chi connectivity index (χ2v) is 7.16. The lowest BCUT2D eigenvalue weighted by molar-refractivity contribution is -0.147. The Labute approximate surface area is 179 Å². The zero-order chi connectivity index (χ0) is 21.8. The summed E-state index contributed by atoms with van der Waals surface area (Å²) in [5.74, 6) is -0.922. The zero-order valence-electron chi connectivity index (χ0n) is 16.9. The lowest BCUT2D eigenvalue weighted by Crippen LogP contribution is -2.56. The van der Waals surface area contributed by atoms with Crippen LogP contribution in [0, 0.1) is 6.92 Å². The molecule has 0 aliphatic carbocycles. The molecule has 1 N–H and O–H groups in total. The zero-order valence-corrected chi connectivity index (χ0v) is 17.7. The predicted molar refractivity (Wildman–Crippen MR) is 113 cm³/mol. The lowest BCUT2D eigenvalue weighted by Gasteiger charge is -2.33. The van der Waals surface area contributed by atoms with E-state index in [0.29, 0.717) is 27.9 Å². The van der Waals surface area contributed by atoms with E-state index in [4.69, 9.17) is 21.1 Å². The first-order valence-electron chi connectivity index (χ1n) is 9.23. The largest absolute Gasteiger partial charge is 0.493 e. The van der Waals surface area contributed by atoms with Crippen molar-refractivity contribution in [2.75, 3.05) is 44.1 Å². The molecule has 2 aromatic carbocycles. The molecule has 0 saturated carbocycles. The molecule has 1 aliphatic rings. The van der Waals surface area contributed by atoms with Crippen molar-refractivity contribution in [3.05, 3.63) is 47.0 Å². The molecule has 3 amide bonds. The third kappa shape index (κ3) is 4.49. The summed E-state index contributed by atoms with van der Waals surface area (Å²) in [5, 5.41) is 3.08. The summed E-state index contributed by atoms with van der Waals surface area (Å²) >= 11 is 6.13. The third-order valence-electron chi connectivity index (χ3n) is 4.72. The minimum Gasteiger partial charge on any atom is -0.493 e. The number of carbonyl (C=O) groups excluding carboxylic acids is 3. The molecular weight excluding hydrogens is 410 g/mol. The molecule has 2 aromatic rings. The first-order chi connectivity index (χ1) is 14.3. The van der Waals surface area contributed by atoms with E-state index >= 15 is 0 Å². The number of carbonyl (C=O) groups is 3. The Hall–Kier alpha value is -3.26. The molecule has 0 unspecified atom stereocenters. The van der Waals surface area contributed by atoms with Gasteiger partial charge in [-0.2, -0.15) is 0 Å². The van der Waals surface area contributed by atoms with Crippen LogP contribution in [0.25, 0.3) is 0 Å². The number of anilines is 2. The maximum atomic E-state index is 12.6. The summed E-state index contributed by atoms with van der Waals surface area (Å²) in [7, 11) is 3.01. The molecule has 3 rings (SSSR count). The highest BCUT2D eigenvalue weighted by atomic mass is 35.5. The molecule has 0 bridgehead atoms. The summed E-state index contributed by atoms with van der Waals surface area (Å²) in [4.78, 5) is 40.1. The van der Waals surface area contributed by atoms with Gasteiger partial charge in [-0.15, -0.1) is 0 Å². The molecule has 1 aliphatic heterocycles. The number of hydrogen-bond donors (Lipinski definition) is 1. The molecule has 0 radical (unpaired) electrons. The van der Waals surface area contributed by atoms with Gasteiger partial charge in [0.2, 0.25) is 5.91 Å². The quantitative estimate of drug-likeness (QED) is 0.710. The molecule has 0 atom stereocenters. The van der Waals surface area contributed by atoms with E-state index in [1.165, 1.54) is 24.0 Å². The smallest absolute Gasteiger partial charge is 0.316 e. The van der Waals surface area contributed by atoms with E-state index in [9.17, 15) is 14.4 Å². The first kappa shape index (κ1) is 21.4. The highest BCUT2D eigenvalue weighted by molar-refractivity contribution is 6.41. The van der Waals surface area contributed by atoms with Crippen molar-refractivity contribution in [1.82, 2.24) is 4.90 Å². The van der Waals surface area contributed by atoms with Gasteiger partial charge in [-0.05, 0) is 36.8 Å². The molecule has 30 heavy (non-hydrogen) atoms. The number of ether oxygens (including phenoxy) is 2. The van der Waals surface area contributed by atoms with Gasteiger partial charge >= 0.3 is 11.8 Å². The summed E-state index contributed by atoms with van der Waals surface area (Å²) in [5.41, 5.74) is 1.93. The van der Waals surface area contributed by atoms with Crippen LogP contribution in [0.4, 0.5) is 11.4 Å². The molecule has 1 saturated heterocycles. The summed E-state index contributed by atoms with van der Waals surface area (Å²) in [6.07, 6.45) is 0. The van der Waals surface area contributed by atoms with E-state index < -0.39 is 17.7 Å². The van der Waals surface area contributed by atoms with Gasteiger partial charge in [-0.3, -0.25) is 14.4 Å². The molecule has 9 heteroatoms. The van der Waals surface area contributed by atoms with Crippen molar-refractivity contribution in [2.45, 2.75) is 6.92 Å². The third-order valence-corrected chi connectivity index (χ3v) is 5.03. The minimum atomic E-state index is -0.749. The molecular formula is C21H22ClN3O5. The number of nitrogens with zero attached hydrogens (tertiary/aromatic N) is 2. The molecule has 1 heterocycles. The summed E-state index contributed by atoms with van der Waals surface area (Å²) in [6.45, 7) is 2.11. The Morgan fingerprint density at radius 2 is 1.77 bits per heavy atom. The Morgan fingerprint density at radius 1 is 1.03 bits per heavy atom. The van der Waals surface area contributed by atoms with Crippen LogP contribution >= 0.6 is 11.6 Å². The maximum Gasteiger partial charge on any atom is 0.316 e. The number of rotatable bonds is 6. The van der Waals surface area contributed by atoms with Crippen molar-refractivity contribution in [1.29, 1.82) is 0 Å². The molecule has 0 spiro atoms. The summed E-state index contributed by atoms with van der Waals surface area (Å²) < 4.78 is 10.4. The highest BCUT2D eigenvalue weighted by Gasteiger charge is 2.34. The predicted octanol–water partition coefficient (Wildman–Crippen LogP) is 2.48. The fraction of sp³-hybridized carbons (Fsp3) is 0.286. The lowest BCUT2D eigenvalue weighted by atomic mass is 10.2. The van der Waals surface area contributed by atoms with Gasteiger partial charge in [-0.25, -0.2) is 0 Å². The molecule has 8 nitrogen and oxygen atoms in total. The number of halogens is 1. The fourth-order valence-electron chi connectivity index (χ4n) is 3.15. The van der Waals surface area contributed by atoms with Crippen LogP contribution in [0.15, 0.2) is 36.4 Å². The van der Waals surface area contributed by atoms with Crippen molar-refractivity contribution >= 4 is 40.7 Å². The average Bonchev–Trinajstić information content (AvgIpc) is 2.73. The van der Waals surface area contributed by atoms with Gasteiger partial charge in [0.25, 0.3) is 0 Å². The van der Waals surface area contributed by atoms with Crippen molar-refractivity contribution < 1.29 is 23.9 Å².